The Morgan fingerprint density at radius 2 is 1.95 bits per heavy atom. The minimum Gasteiger partial charge on any atom is -0.392 e. The zero-order valence-electron chi connectivity index (χ0n) is 11.3. The topological polar surface area (TPSA) is 49.7 Å². The van der Waals surface area contributed by atoms with Crippen molar-refractivity contribution in [1.82, 2.24) is 0 Å². The average Bonchev–Trinajstić information content (AvgIpc) is 2.44. The second-order valence-corrected chi connectivity index (χ2v) is 4.73. The molecule has 1 aromatic rings. The van der Waals surface area contributed by atoms with Gasteiger partial charge in [0.25, 0.3) is 0 Å². The van der Waals surface area contributed by atoms with Crippen molar-refractivity contribution in [3.05, 3.63) is 47.0 Å². The van der Waals surface area contributed by atoms with Gasteiger partial charge < -0.3 is 14.9 Å². The molecule has 0 unspecified atom stereocenters. The van der Waals surface area contributed by atoms with Crippen molar-refractivity contribution in [1.29, 1.82) is 0 Å². The van der Waals surface area contributed by atoms with Crippen LogP contribution < -0.4 is 0 Å². The number of aliphatic hydroxyl groups is 2. The van der Waals surface area contributed by atoms with Crippen LogP contribution in [0, 0.1) is 0 Å². The Morgan fingerprint density at radius 3 is 2.47 bits per heavy atom. The van der Waals surface area contributed by atoms with Gasteiger partial charge in [0, 0.05) is 10.6 Å². The summed E-state index contributed by atoms with van der Waals surface area (Å²) in [5.41, 5.74) is 0.772. The quantitative estimate of drug-likeness (QED) is 0.595. The van der Waals surface area contributed by atoms with Crippen molar-refractivity contribution in [3.8, 4) is 0 Å². The predicted molar refractivity (Wildman–Crippen MR) is 77.0 cm³/mol. The summed E-state index contributed by atoms with van der Waals surface area (Å²) in [7, 11) is 0. The van der Waals surface area contributed by atoms with Crippen LogP contribution >= 0.6 is 11.6 Å². The molecule has 0 amide bonds. The molecular formula is C15H21ClO3. The molecule has 0 saturated heterocycles. The van der Waals surface area contributed by atoms with Crippen LogP contribution in [-0.2, 0) is 4.74 Å². The Hall–Kier alpha value is -0.870. The van der Waals surface area contributed by atoms with Crippen molar-refractivity contribution in [3.63, 3.8) is 0 Å². The predicted octanol–water partition coefficient (Wildman–Crippen LogP) is 3.45. The van der Waals surface area contributed by atoms with E-state index in [1.54, 1.807) is 18.2 Å². The first-order valence-corrected chi connectivity index (χ1v) is 6.86. The standard InChI is InChI=1S/C15H21ClO3/c1-3-15(18,4-2)19-14(10-7-11-17)12-8-5-6-9-13(12)16/h5-10,14,17-18H,3-4,11H2,1-2H3/b10-7+/t14-/m0/s1. The van der Waals surface area contributed by atoms with Crippen LogP contribution in [0.5, 0.6) is 0 Å². The molecule has 1 atom stereocenters. The largest absolute Gasteiger partial charge is 0.392 e. The lowest BCUT2D eigenvalue weighted by atomic mass is 10.1. The summed E-state index contributed by atoms with van der Waals surface area (Å²) in [6, 6.07) is 7.32. The molecular weight excluding hydrogens is 264 g/mol. The smallest absolute Gasteiger partial charge is 0.166 e. The van der Waals surface area contributed by atoms with Crippen molar-refractivity contribution in [2.75, 3.05) is 6.61 Å². The summed E-state index contributed by atoms with van der Waals surface area (Å²) in [4.78, 5) is 0. The molecule has 0 aromatic heterocycles. The molecule has 106 valence electrons. The number of hydrogen-bond acceptors (Lipinski definition) is 3. The molecule has 0 spiro atoms. The minimum atomic E-state index is -1.19. The third-order valence-corrected chi connectivity index (χ3v) is 3.42. The highest BCUT2D eigenvalue weighted by atomic mass is 35.5. The number of hydrogen-bond donors (Lipinski definition) is 2. The number of benzene rings is 1. The maximum absolute atomic E-state index is 10.3. The van der Waals surface area contributed by atoms with Gasteiger partial charge in [0.05, 0.1) is 6.61 Å². The van der Waals surface area contributed by atoms with E-state index in [9.17, 15) is 5.11 Å². The highest BCUT2D eigenvalue weighted by Crippen LogP contribution is 2.32. The Kier molecular flexibility index (Phi) is 6.52. The molecule has 0 aliphatic carbocycles. The summed E-state index contributed by atoms with van der Waals surface area (Å²) >= 11 is 6.16. The fraction of sp³-hybridized carbons (Fsp3) is 0.467. The lowest BCUT2D eigenvalue weighted by Crippen LogP contribution is -2.32. The highest BCUT2D eigenvalue weighted by Gasteiger charge is 2.27. The van der Waals surface area contributed by atoms with Gasteiger partial charge in [-0.1, -0.05) is 55.8 Å². The first-order chi connectivity index (χ1) is 9.06. The molecule has 1 aromatic carbocycles. The third-order valence-electron chi connectivity index (χ3n) is 3.08. The van der Waals surface area contributed by atoms with E-state index < -0.39 is 11.9 Å². The van der Waals surface area contributed by atoms with Crippen LogP contribution in [0.1, 0.15) is 38.4 Å². The van der Waals surface area contributed by atoms with Crippen molar-refractivity contribution in [2.24, 2.45) is 0 Å². The SMILES string of the molecule is CCC(O)(CC)O[C@@H](/C=C/CO)c1ccccc1Cl. The Labute approximate surface area is 119 Å². The average molecular weight is 285 g/mol. The Bertz CT molecular complexity index is 414. The van der Waals surface area contributed by atoms with Gasteiger partial charge in [-0.3, -0.25) is 0 Å². The minimum absolute atomic E-state index is 0.0824. The van der Waals surface area contributed by atoms with Crippen LogP contribution in [-0.4, -0.2) is 22.6 Å². The van der Waals surface area contributed by atoms with E-state index in [1.807, 2.05) is 32.0 Å². The Balaban J connectivity index is 3.02. The monoisotopic (exact) mass is 284 g/mol. The number of halogens is 1. The molecule has 0 radical (unpaired) electrons. The van der Waals surface area contributed by atoms with Gasteiger partial charge in [0.1, 0.15) is 6.10 Å². The molecule has 2 N–H and O–H groups in total. The summed E-state index contributed by atoms with van der Waals surface area (Å²) in [6.07, 6.45) is 3.78. The summed E-state index contributed by atoms with van der Waals surface area (Å²) in [5.74, 6) is -1.19. The first-order valence-electron chi connectivity index (χ1n) is 6.48. The van der Waals surface area contributed by atoms with Gasteiger partial charge >= 0.3 is 0 Å². The van der Waals surface area contributed by atoms with Crippen molar-refractivity contribution >= 4 is 11.6 Å². The molecule has 0 aliphatic rings. The third kappa shape index (κ3) is 4.62. The van der Waals surface area contributed by atoms with Crippen molar-refractivity contribution in [2.45, 2.75) is 38.6 Å². The number of ether oxygens (including phenoxy) is 1. The number of aliphatic hydroxyl groups excluding tert-OH is 1. The fourth-order valence-corrected chi connectivity index (χ4v) is 1.99. The molecule has 0 saturated carbocycles. The van der Waals surface area contributed by atoms with Gasteiger partial charge in [0.2, 0.25) is 0 Å². The van der Waals surface area contributed by atoms with Gasteiger partial charge in [0.15, 0.2) is 5.79 Å². The molecule has 0 aliphatic heterocycles. The van der Waals surface area contributed by atoms with Crippen LogP contribution in [0.3, 0.4) is 0 Å². The van der Waals surface area contributed by atoms with Crippen LogP contribution in [0.25, 0.3) is 0 Å². The fourth-order valence-electron chi connectivity index (χ4n) is 1.75. The van der Waals surface area contributed by atoms with Crippen LogP contribution in [0.2, 0.25) is 5.02 Å². The van der Waals surface area contributed by atoms with E-state index in [2.05, 4.69) is 0 Å². The maximum Gasteiger partial charge on any atom is 0.166 e. The van der Waals surface area contributed by atoms with E-state index in [4.69, 9.17) is 21.4 Å². The van der Waals surface area contributed by atoms with Gasteiger partial charge in [-0.05, 0) is 18.9 Å². The molecule has 4 heteroatoms. The molecule has 0 heterocycles. The van der Waals surface area contributed by atoms with Gasteiger partial charge in [-0.15, -0.1) is 0 Å². The van der Waals surface area contributed by atoms with Crippen LogP contribution in [0.4, 0.5) is 0 Å². The van der Waals surface area contributed by atoms with Crippen LogP contribution in [0.15, 0.2) is 36.4 Å². The maximum atomic E-state index is 10.3. The normalized spacial score (nSPS) is 13.9. The van der Waals surface area contributed by atoms with Gasteiger partial charge in [-0.2, -0.15) is 0 Å². The number of rotatable bonds is 7. The highest BCUT2D eigenvalue weighted by molar-refractivity contribution is 6.31. The molecule has 3 nitrogen and oxygen atoms in total. The first kappa shape index (κ1) is 16.2. The molecule has 0 fully saturated rings. The summed E-state index contributed by atoms with van der Waals surface area (Å²) in [6.45, 7) is 3.65. The van der Waals surface area contributed by atoms with E-state index >= 15 is 0 Å². The van der Waals surface area contributed by atoms with E-state index in [-0.39, 0.29) is 6.61 Å². The summed E-state index contributed by atoms with van der Waals surface area (Å²) in [5, 5.41) is 19.8. The molecule has 19 heavy (non-hydrogen) atoms. The second-order valence-electron chi connectivity index (χ2n) is 4.32. The zero-order chi connectivity index (χ0) is 14.3. The summed E-state index contributed by atoms with van der Waals surface area (Å²) < 4.78 is 5.78. The zero-order valence-corrected chi connectivity index (χ0v) is 12.1. The molecule has 1 rings (SSSR count). The van der Waals surface area contributed by atoms with E-state index in [1.165, 1.54) is 0 Å². The lowest BCUT2D eigenvalue weighted by molar-refractivity contribution is -0.225. The van der Waals surface area contributed by atoms with Crippen molar-refractivity contribution < 1.29 is 14.9 Å². The van der Waals surface area contributed by atoms with Gasteiger partial charge in [-0.25, -0.2) is 0 Å². The van der Waals surface area contributed by atoms with E-state index in [0.717, 1.165) is 5.56 Å². The lowest BCUT2D eigenvalue weighted by Gasteiger charge is -2.30. The molecule has 0 bridgehead atoms. The van der Waals surface area contributed by atoms with E-state index in [0.29, 0.717) is 17.9 Å². The Morgan fingerprint density at radius 1 is 1.32 bits per heavy atom. The second kappa shape index (κ2) is 7.65.